The van der Waals surface area contributed by atoms with Gasteiger partial charge in [-0.25, -0.2) is 0 Å². The van der Waals surface area contributed by atoms with Crippen LogP contribution in [0.4, 0.5) is 0 Å². The van der Waals surface area contributed by atoms with E-state index < -0.39 is 0 Å². The Bertz CT molecular complexity index is 481. The summed E-state index contributed by atoms with van der Waals surface area (Å²) in [6, 6.07) is 2.77. The molecule has 3 nitrogen and oxygen atoms in total. The van der Waals surface area contributed by atoms with Crippen molar-refractivity contribution in [3.63, 3.8) is 0 Å². The number of allylic oxidation sites excluding steroid dienone is 1. The van der Waals surface area contributed by atoms with Crippen LogP contribution in [0.15, 0.2) is 24.5 Å². The van der Waals surface area contributed by atoms with E-state index in [2.05, 4.69) is 22.4 Å². The summed E-state index contributed by atoms with van der Waals surface area (Å²) in [4.78, 5) is 4.32. The summed E-state index contributed by atoms with van der Waals surface area (Å²) in [6.07, 6.45) is 10.1. The van der Waals surface area contributed by atoms with Crippen LogP contribution < -0.4 is 10.1 Å². The zero-order chi connectivity index (χ0) is 13.2. The van der Waals surface area contributed by atoms with E-state index in [4.69, 9.17) is 4.74 Å². The van der Waals surface area contributed by atoms with Crippen molar-refractivity contribution >= 4 is 5.57 Å². The lowest BCUT2D eigenvalue weighted by molar-refractivity contribution is 0.241. The first-order valence-corrected chi connectivity index (χ1v) is 7.27. The number of hydrogen-bond donors (Lipinski definition) is 1. The van der Waals surface area contributed by atoms with Crippen molar-refractivity contribution in [2.75, 3.05) is 6.54 Å². The van der Waals surface area contributed by atoms with Crippen molar-refractivity contribution in [2.24, 2.45) is 5.92 Å². The molecule has 2 aliphatic rings. The molecule has 0 amide bonds. The van der Waals surface area contributed by atoms with Gasteiger partial charge >= 0.3 is 0 Å². The van der Waals surface area contributed by atoms with Gasteiger partial charge in [0, 0.05) is 12.2 Å². The maximum Gasteiger partial charge on any atom is 0.138 e. The Morgan fingerprint density at radius 2 is 2.26 bits per heavy atom. The number of nitrogens with one attached hydrogen (secondary N) is 1. The summed E-state index contributed by atoms with van der Waals surface area (Å²) in [6.45, 7) is 5.25. The lowest BCUT2D eigenvalue weighted by Crippen LogP contribution is -2.39. The number of piperidine rings is 1. The van der Waals surface area contributed by atoms with Gasteiger partial charge in [0.1, 0.15) is 5.75 Å². The molecule has 1 aromatic heterocycles. The zero-order valence-electron chi connectivity index (χ0n) is 11.7. The quantitative estimate of drug-likeness (QED) is 0.905. The molecule has 1 saturated heterocycles. The number of rotatable bonds is 3. The molecule has 3 rings (SSSR count). The molecule has 2 heterocycles. The minimum absolute atomic E-state index is 0.193. The van der Waals surface area contributed by atoms with Gasteiger partial charge in [-0.1, -0.05) is 6.08 Å². The van der Waals surface area contributed by atoms with Gasteiger partial charge in [-0.2, -0.15) is 0 Å². The third kappa shape index (κ3) is 2.98. The van der Waals surface area contributed by atoms with E-state index in [0.717, 1.165) is 24.6 Å². The summed E-state index contributed by atoms with van der Waals surface area (Å²) in [5.74, 6) is 1.61. The maximum absolute atomic E-state index is 5.73. The number of ether oxygens (including phenoxy) is 1. The molecular formula is C16H22N2O. The summed E-state index contributed by atoms with van der Waals surface area (Å²) >= 11 is 0. The Labute approximate surface area is 115 Å². The highest BCUT2D eigenvalue weighted by Gasteiger charge is 2.26. The zero-order valence-corrected chi connectivity index (χ0v) is 11.7. The Kier molecular flexibility index (Phi) is 3.56. The highest BCUT2D eigenvalue weighted by molar-refractivity contribution is 5.67. The van der Waals surface area contributed by atoms with Gasteiger partial charge in [-0.3, -0.25) is 4.98 Å². The van der Waals surface area contributed by atoms with Crippen LogP contribution in [-0.4, -0.2) is 23.7 Å². The molecule has 0 saturated carbocycles. The molecule has 2 atom stereocenters. The molecule has 102 valence electrons. The standard InChI is InChI=1S/C16H22N2O/c1-11(2)19-16-8-14(9-17-10-16)13-5-12-3-4-18-15(6-12)7-13/h5,8-12,15,18H,3-4,6-7H2,1-2H3. The van der Waals surface area contributed by atoms with E-state index in [1.807, 2.05) is 20.0 Å². The third-order valence-electron chi connectivity index (χ3n) is 3.89. The van der Waals surface area contributed by atoms with E-state index in [0.29, 0.717) is 6.04 Å². The van der Waals surface area contributed by atoms with E-state index in [9.17, 15) is 0 Å². The summed E-state index contributed by atoms with van der Waals surface area (Å²) in [5, 5.41) is 3.60. The van der Waals surface area contributed by atoms with Gasteiger partial charge < -0.3 is 10.1 Å². The van der Waals surface area contributed by atoms with Crippen molar-refractivity contribution in [3.8, 4) is 5.75 Å². The minimum Gasteiger partial charge on any atom is -0.489 e. The molecule has 1 aliphatic heterocycles. The normalized spacial score (nSPS) is 26.2. The molecule has 1 N–H and O–H groups in total. The molecule has 1 aliphatic carbocycles. The minimum atomic E-state index is 0.193. The Morgan fingerprint density at radius 1 is 1.37 bits per heavy atom. The fourth-order valence-electron chi connectivity index (χ4n) is 3.11. The van der Waals surface area contributed by atoms with Gasteiger partial charge in [0.05, 0.1) is 12.3 Å². The average Bonchev–Trinajstić information content (AvgIpc) is 2.38. The number of hydrogen-bond acceptors (Lipinski definition) is 3. The van der Waals surface area contributed by atoms with Crippen molar-refractivity contribution in [1.29, 1.82) is 0 Å². The fraction of sp³-hybridized carbons (Fsp3) is 0.562. The summed E-state index contributed by atoms with van der Waals surface area (Å²) < 4.78 is 5.73. The van der Waals surface area contributed by atoms with Crippen LogP contribution in [0, 0.1) is 5.92 Å². The lowest BCUT2D eigenvalue weighted by Gasteiger charge is -2.34. The molecule has 1 fully saturated rings. The van der Waals surface area contributed by atoms with Crippen LogP contribution in [0.1, 0.15) is 38.7 Å². The first-order valence-electron chi connectivity index (χ1n) is 7.27. The Hall–Kier alpha value is -1.35. The lowest BCUT2D eigenvalue weighted by atomic mass is 9.80. The predicted molar refractivity (Wildman–Crippen MR) is 77.1 cm³/mol. The second kappa shape index (κ2) is 5.33. The molecule has 0 radical (unpaired) electrons. The second-order valence-electron chi connectivity index (χ2n) is 5.91. The first-order chi connectivity index (χ1) is 9.20. The maximum atomic E-state index is 5.73. The van der Waals surface area contributed by atoms with Crippen LogP contribution in [0.5, 0.6) is 5.75 Å². The number of aromatic nitrogens is 1. The van der Waals surface area contributed by atoms with E-state index >= 15 is 0 Å². The van der Waals surface area contributed by atoms with Crippen molar-refractivity contribution in [3.05, 3.63) is 30.1 Å². The van der Waals surface area contributed by atoms with Crippen LogP contribution in [-0.2, 0) is 0 Å². The molecule has 0 spiro atoms. The highest BCUT2D eigenvalue weighted by Crippen LogP contribution is 2.34. The monoisotopic (exact) mass is 258 g/mol. The number of nitrogens with zero attached hydrogens (tertiary/aromatic N) is 1. The average molecular weight is 258 g/mol. The van der Waals surface area contributed by atoms with Gasteiger partial charge in [-0.15, -0.1) is 0 Å². The fourth-order valence-corrected chi connectivity index (χ4v) is 3.11. The highest BCUT2D eigenvalue weighted by atomic mass is 16.5. The molecule has 2 unspecified atom stereocenters. The second-order valence-corrected chi connectivity index (χ2v) is 5.91. The SMILES string of the molecule is CC(C)Oc1cncc(C2=CC3CCNC(C2)C3)c1. The topological polar surface area (TPSA) is 34.1 Å². The van der Waals surface area contributed by atoms with Crippen LogP contribution in [0.25, 0.3) is 5.57 Å². The number of pyridine rings is 1. The van der Waals surface area contributed by atoms with Gasteiger partial charge in [0.15, 0.2) is 0 Å². The van der Waals surface area contributed by atoms with Crippen molar-refractivity contribution in [2.45, 2.75) is 45.3 Å². The van der Waals surface area contributed by atoms with Crippen LogP contribution >= 0.6 is 0 Å². The first kappa shape index (κ1) is 12.7. The molecule has 2 bridgehead atoms. The number of fused-ring (bicyclic) bond motifs is 2. The molecule has 19 heavy (non-hydrogen) atoms. The molecule has 1 aromatic rings. The molecule has 0 aromatic carbocycles. The smallest absolute Gasteiger partial charge is 0.138 e. The van der Waals surface area contributed by atoms with Crippen LogP contribution in [0.2, 0.25) is 0 Å². The van der Waals surface area contributed by atoms with Crippen molar-refractivity contribution < 1.29 is 4.74 Å². The van der Waals surface area contributed by atoms with Gasteiger partial charge in [0.2, 0.25) is 0 Å². The molecule has 3 heteroatoms. The Balaban J connectivity index is 1.83. The largest absolute Gasteiger partial charge is 0.489 e. The van der Waals surface area contributed by atoms with Gasteiger partial charge in [0.25, 0.3) is 0 Å². The van der Waals surface area contributed by atoms with E-state index in [1.165, 1.54) is 24.0 Å². The summed E-state index contributed by atoms with van der Waals surface area (Å²) in [7, 11) is 0. The third-order valence-corrected chi connectivity index (χ3v) is 3.89. The van der Waals surface area contributed by atoms with E-state index in [-0.39, 0.29) is 6.10 Å². The summed E-state index contributed by atoms with van der Waals surface area (Å²) in [5.41, 5.74) is 2.65. The van der Waals surface area contributed by atoms with Crippen molar-refractivity contribution in [1.82, 2.24) is 10.3 Å². The predicted octanol–water partition coefficient (Wildman–Crippen LogP) is 3.02. The molecular weight excluding hydrogens is 236 g/mol. The van der Waals surface area contributed by atoms with Crippen LogP contribution in [0.3, 0.4) is 0 Å². The Morgan fingerprint density at radius 3 is 3.05 bits per heavy atom. The van der Waals surface area contributed by atoms with Gasteiger partial charge in [-0.05, 0) is 62.8 Å². The van der Waals surface area contributed by atoms with E-state index in [1.54, 1.807) is 6.20 Å².